The molecule has 4 rings (SSSR count). The summed E-state index contributed by atoms with van der Waals surface area (Å²) in [4.78, 5) is 7.53. The summed E-state index contributed by atoms with van der Waals surface area (Å²) in [7, 11) is 0. The van der Waals surface area contributed by atoms with Gasteiger partial charge in [-0.15, -0.1) is 11.3 Å². The Kier molecular flexibility index (Phi) is 4.92. The fourth-order valence-electron chi connectivity index (χ4n) is 3.84. The van der Waals surface area contributed by atoms with E-state index in [1.54, 1.807) is 6.07 Å². The van der Waals surface area contributed by atoms with Crippen molar-refractivity contribution in [1.29, 1.82) is 0 Å². The molecule has 0 spiro atoms. The average Bonchev–Trinajstić information content (AvgIpc) is 3.24. The van der Waals surface area contributed by atoms with Gasteiger partial charge >= 0.3 is 6.18 Å². The molecule has 27 heavy (non-hydrogen) atoms. The summed E-state index contributed by atoms with van der Waals surface area (Å²) in [5.41, 5.74) is 8.84. The van der Waals surface area contributed by atoms with Crippen LogP contribution in [0.1, 0.15) is 12.0 Å². The first-order valence-corrected chi connectivity index (χ1v) is 9.90. The number of azide groups is 1. The quantitative estimate of drug-likeness (QED) is 0.407. The van der Waals surface area contributed by atoms with Gasteiger partial charge in [0.05, 0.1) is 11.3 Å². The van der Waals surface area contributed by atoms with Crippen molar-refractivity contribution in [2.24, 2.45) is 17.0 Å². The Morgan fingerprint density at radius 3 is 2.67 bits per heavy atom. The van der Waals surface area contributed by atoms with Crippen LogP contribution in [-0.2, 0) is 6.18 Å². The van der Waals surface area contributed by atoms with Crippen molar-refractivity contribution in [3.8, 4) is 0 Å². The van der Waals surface area contributed by atoms with E-state index < -0.39 is 11.7 Å². The highest BCUT2D eigenvalue weighted by molar-refractivity contribution is 7.17. The van der Waals surface area contributed by atoms with Crippen molar-refractivity contribution in [1.82, 2.24) is 4.90 Å². The number of hydrogen-bond donors (Lipinski definition) is 0. The van der Waals surface area contributed by atoms with Gasteiger partial charge in [0.1, 0.15) is 0 Å². The first kappa shape index (κ1) is 18.4. The van der Waals surface area contributed by atoms with Gasteiger partial charge in [-0.25, -0.2) is 0 Å². The van der Waals surface area contributed by atoms with E-state index in [1.807, 2.05) is 5.38 Å². The Bertz CT molecular complexity index is 865. The largest absolute Gasteiger partial charge is 0.416 e. The van der Waals surface area contributed by atoms with Gasteiger partial charge in [0.25, 0.3) is 0 Å². The number of piperazine rings is 1. The molecule has 1 unspecified atom stereocenters. The van der Waals surface area contributed by atoms with Crippen molar-refractivity contribution in [3.05, 3.63) is 39.6 Å². The summed E-state index contributed by atoms with van der Waals surface area (Å²) in [5, 5.41) is 6.53. The number of thiophene rings is 1. The molecule has 0 radical (unpaired) electrons. The Hall–Kier alpha value is -1.96. The maximum atomic E-state index is 12.9. The van der Waals surface area contributed by atoms with Crippen LogP contribution in [0.25, 0.3) is 20.5 Å². The van der Waals surface area contributed by atoms with Crippen molar-refractivity contribution >= 4 is 27.1 Å². The van der Waals surface area contributed by atoms with Gasteiger partial charge in [-0.05, 0) is 35.9 Å². The van der Waals surface area contributed by atoms with Crippen LogP contribution in [0.5, 0.6) is 0 Å². The molecule has 5 nitrogen and oxygen atoms in total. The molecule has 1 aromatic carbocycles. The molecule has 0 bridgehead atoms. The molecule has 2 atom stereocenters. The van der Waals surface area contributed by atoms with Gasteiger partial charge in [-0.3, -0.25) is 4.90 Å². The molecule has 1 saturated heterocycles. The molecular weight excluding hydrogens is 375 g/mol. The third-order valence-electron chi connectivity index (χ3n) is 5.54. The van der Waals surface area contributed by atoms with E-state index in [0.717, 1.165) is 50.2 Å². The third kappa shape index (κ3) is 4.00. The number of fused-ring (bicyclic) bond motifs is 1. The normalized spacial score (nSPS) is 23.4. The fourth-order valence-corrected chi connectivity index (χ4v) is 4.85. The molecule has 2 aliphatic rings. The Labute approximate surface area is 159 Å². The van der Waals surface area contributed by atoms with Crippen LogP contribution in [-0.4, -0.2) is 44.2 Å². The lowest BCUT2D eigenvalue weighted by atomic mass is 10.1. The maximum absolute atomic E-state index is 12.9. The van der Waals surface area contributed by atoms with E-state index in [1.165, 1.54) is 23.5 Å². The zero-order chi connectivity index (χ0) is 19.0. The molecule has 2 fully saturated rings. The van der Waals surface area contributed by atoms with Crippen molar-refractivity contribution in [3.63, 3.8) is 0 Å². The second-order valence-electron chi connectivity index (χ2n) is 7.29. The van der Waals surface area contributed by atoms with Crippen molar-refractivity contribution in [2.45, 2.75) is 12.6 Å². The zero-order valence-corrected chi connectivity index (χ0v) is 15.5. The van der Waals surface area contributed by atoms with Gasteiger partial charge in [0.2, 0.25) is 0 Å². The third-order valence-corrected chi connectivity index (χ3v) is 6.47. The van der Waals surface area contributed by atoms with Crippen molar-refractivity contribution < 1.29 is 13.2 Å². The molecular formula is C18H20F3N5S. The minimum atomic E-state index is -4.30. The molecule has 1 aliphatic heterocycles. The minimum Gasteiger partial charge on any atom is -0.368 e. The second-order valence-corrected chi connectivity index (χ2v) is 8.20. The monoisotopic (exact) mass is 395 g/mol. The number of rotatable bonds is 5. The van der Waals surface area contributed by atoms with E-state index in [-0.39, 0.29) is 0 Å². The summed E-state index contributed by atoms with van der Waals surface area (Å²) >= 11 is 1.37. The van der Waals surface area contributed by atoms with E-state index >= 15 is 0 Å². The molecule has 1 aliphatic carbocycles. The molecule has 2 heterocycles. The van der Waals surface area contributed by atoms with Crippen molar-refractivity contribution in [2.75, 3.05) is 44.2 Å². The minimum absolute atomic E-state index is 0.530. The standard InChI is InChI=1S/C18H20F3N5S/c19-18(20,21)14-1-2-15-16(11-27-17(15)8-14)26-5-3-25(4-6-26)10-13-7-12(13)9-23-24-22/h1-2,8,11-13H,3-7,9-10H2/t12-,13?/m0/s1. The van der Waals surface area contributed by atoms with E-state index in [0.29, 0.717) is 23.1 Å². The zero-order valence-electron chi connectivity index (χ0n) is 14.7. The van der Waals surface area contributed by atoms with Gasteiger partial charge in [-0.2, -0.15) is 13.2 Å². The molecule has 2 aromatic rings. The number of anilines is 1. The topological polar surface area (TPSA) is 55.2 Å². The highest BCUT2D eigenvalue weighted by Crippen LogP contribution is 2.40. The fraction of sp³-hybridized carbons (Fsp3) is 0.556. The molecule has 0 N–H and O–H groups in total. The summed E-state index contributed by atoms with van der Waals surface area (Å²) in [5.74, 6) is 1.16. The van der Waals surface area contributed by atoms with Gasteiger partial charge in [0.15, 0.2) is 0 Å². The van der Waals surface area contributed by atoms with Crippen LogP contribution in [0.3, 0.4) is 0 Å². The number of alkyl halides is 3. The van der Waals surface area contributed by atoms with E-state index in [2.05, 4.69) is 19.8 Å². The highest BCUT2D eigenvalue weighted by atomic mass is 32.1. The van der Waals surface area contributed by atoms with Crippen LogP contribution in [0.15, 0.2) is 28.7 Å². The van der Waals surface area contributed by atoms with Crippen LogP contribution < -0.4 is 4.90 Å². The predicted octanol–water partition coefficient (Wildman–Crippen LogP) is 4.99. The predicted molar refractivity (Wildman–Crippen MR) is 101 cm³/mol. The Balaban J connectivity index is 1.36. The number of benzene rings is 1. The maximum Gasteiger partial charge on any atom is 0.416 e. The van der Waals surface area contributed by atoms with Crippen LogP contribution in [0.4, 0.5) is 18.9 Å². The summed E-state index contributed by atoms with van der Waals surface area (Å²) in [6.45, 7) is 5.29. The number of halogens is 3. The Morgan fingerprint density at radius 1 is 1.19 bits per heavy atom. The molecule has 0 amide bonds. The second kappa shape index (κ2) is 7.22. The number of hydrogen-bond acceptors (Lipinski definition) is 4. The SMILES string of the molecule is [N-]=[N+]=NC[C@@H]1CC1CN1CCN(c2csc3cc(C(F)(F)F)ccc23)CC1. The lowest BCUT2D eigenvalue weighted by molar-refractivity contribution is -0.137. The molecule has 9 heteroatoms. The van der Waals surface area contributed by atoms with Gasteiger partial charge in [0, 0.05) is 59.6 Å². The van der Waals surface area contributed by atoms with Gasteiger partial charge in [-0.1, -0.05) is 11.2 Å². The molecule has 1 aromatic heterocycles. The summed E-state index contributed by atoms with van der Waals surface area (Å²) in [6.07, 6.45) is -3.17. The molecule has 1 saturated carbocycles. The number of nitrogens with zero attached hydrogens (tertiary/aromatic N) is 5. The lowest BCUT2D eigenvalue weighted by Gasteiger charge is -2.36. The highest BCUT2D eigenvalue weighted by Gasteiger charge is 2.38. The lowest BCUT2D eigenvalue weighted by Crippen LogP contribution is -2.47. The van der Waals surface area contributed by atoms with Crippen LogP contribution in [0.2, 0.25) is 0 Å². The summed E-state index contributed by atoms with van der Waals surface area (Å²) in [6, 6.07) is 4.02. The van der Waals surface area contributed by atoms with Crippen LogP contribution in [0, 0.1) is 11.8 Å². The Morgan fingerprint density at radius 2 is 1.96 bits per heavy atom. The first-order chi connectivity index (χ1) is 13.0. The summed E-state index contributed by atoms with van der Waals surface area (Å²) < 4.78 is 39.4. The molecule has 144 valence electrons. The van der Waals surface area contributed by atoms with E-state index in [4.69, 9.17) is 5.53 Å². The average molecular weight is 395 g/mol. The smallest absolute Gasteiger partial charge is 0.368 e. The van der Waals surface area contributed by atoms with Crippen LogP contribution >= 0.6 is 11.3 Å². The first-order valence-electron chi connectivity index (χ1n) is 9.02. The van der Waals surface area contributed by atoms with Gasteiger partial charge < -0.3 is 4.90 Å². The van der Waals surface area contributed by atoms with E-state index in [9.17, 15) is 13.2 Å².